The summed E-state index contributed by atoms with van der Waals surface area (Å²) in [5, 5.41) is 3.31. The highest BCUT2D eigenvalue weighted by atomic mass is 19.4. The molecule has 172 valence electrons. The molecule has 1 aliphatic rings. The Labute approximate surface area is 183 Å². The summed E-state index contributed by atoms with van der Waals surface area (Å²) < 4.78 is 53.0. The van der Waals surface area contributed by atoms with Gasteiger partial charge in [-0.25, -0.2) is 4.39 Å². The molecular formula is C25H34F4N2. The van der Waals surface area contributed by atoms with Gasteiger partial charge in [-0.1, -0.05) is 39.8 Å². The van der Waals surface area contributed by atoms with Crippen molar-refractivity contribution in [2.45, 2.75) is 64.5 Å². The Kier molecular flexibility index (Phi) is 8.78. The van der Waals surface area contributed by atoms with E-state index in [0.717, 1.165) is 43.0 Å². The van der Waals surface area contributed by atoms with Crippen LogP contribution in [0.4, 0.5) is 17.6 Å². The SMILES string of the molecule is C=C(C(=C)N1CCC(c2cc(F)cc(C(F)(F)F)c2)CC1)/C(CCC)=C(/CCC)NC. The Balaban J connectivity index is 2.12. The molecule has 0 aliphatic carbocycles. The second-order valence-corrected chi connectivity index (χ2v) is 8.16. The van der Waals surface area contributed by atoms with Gasteiger partial charge >= 0.3 is 6.18 Å². The molecule has 6 heteroatoms. The predicted molar refractivity (Wildman–Crippen MR) is 119 cm³/mol. The van der Waals surface area contributed by atoms with Crippen molar-refractivity contribution in [1.29, 1.82) is 0 Å². The normalized spacial score (nSPS) is 16.2. The Hall–Kier alpha value is -2.24. The van der Waals surface area contributed by atoms with Crippen LogP contribution in [0.2, 0.25) is 0 Å². The largest absolute Gasteiger partial charge is 0.416 e. The second kappa shape index (κ2) is 10.9. The molecule has 0 unspecified atom stereocenters. The molecule has 2 nitrogen and oxygen atoms in total. The molecule has 1 saturated heterocycles. The van der Waals surface area contributed by atoms with Gasteiger partial charge in [-0.05, 0) is 66.5 Å². The molecule has 1 heterocycles. The van der Waals surface area contributed by atoms with Crippen LogP contribution in [0.1, 0.15) is 69.4 Å². The quantitative estimate of drug-likeness (QED) is 0.325. The lowest BCUT2D eigenvalue weighted by Gasteiger charge is -2.36. The Morgan fingerprint density at radius 2 is 1.68 bits per heavy atom. The number of piperidine rings is 1. The average molecular weight is 439 g/mol. The van der Waals surface area contributed by atoms with E-state index in [-0.39, 0.29) is 5.92 Å². The van der Waals surface area contributed by atoms with Gasteiger partial charge in [-0.15, -0.1) is 0 Å². The van der Waals surface area contributed by atoms with Crippen molar-refractivity contribution < 1.29 is 17.6 Å². The average Bonchev–Trinajstić information content (AvgIpc) is 2.74. The number of rotatable bonds is 9. The van der Waals surface area contributed by atoms with Crippen molar-refractivity contribution in [1.82, 2.24) is 10.2 Å². The van der Waals surface area contributed by atoms with Gasteiger partial charge in [-0.2, -0.15) is 13.2 Å². The summed E-state index contributed by atoms with van der Waals surface area (Å²) in [6.45, 7) is 14.2. The number of nitrogens with one attached hydrogen (secondary N) is 1. The van der Waals surface area contributed by atoms with Crippen LogP contribution in [0.15, 0.2) is 53.9 Å². The maximum absolute atomic E-state index is 13.8. The number of likely N-dealkylation sites (tertiary alicyclic amines) is 1. The van der Waals surface area contributed by atoms with Crippen molar-refractivity contribution >= 4 is 0 Å². The van der Waals surface area contributed by atoms with Crippen LogP contribution < -0.4 is 5.32 Å². The Bertz CT molecular complexity index is 815. The summed E-state index contributed by atoms with van der Waals surface area (Å²) in [4.78, 5) is 2.15. The van der Waals surface area contributed by atoms with Gasteiger partial charge in [0.2, 0.25) is 0 Å². The lowest BCUT2D eigenvalue weighted by atomic mass is 9.87. The third-order valence-electron chi connectivity index (χ3n) is 5.97. The monoisotopic (exact) mass is 438 g/mol. The number of hydrogen-bond acceptors (Lipinski definition) is 2. The fourth-order valence-corrected chi connectivity index (χ4v) is 4.27. The summed E-state index contributed by atoms with van der Waals surface area (Å²) in [7, 11) is 1.93. The molecule has 31 heavy (non-hydrogen) atoms. The number of allylic oxidation sites excluding steroid dienone is 2. The van der Waals surface area contributed by atoms with E-state index in [1.54, 1.807) is 0 Å². The van der Waals surface area contributed by atoms with Crippen LogP contribution >= 0.6 is 0 Å². The lowest BCUT2D eigenvalue weighted by Crippen LogP contribution is -2.33. The summed E-state index contributed by atoms with van der Waals surface area (Å²) in [5.74, 6) is -0.942. The summed E-state index contributed by atoms with van der Waals surface area (Å²) in [6.07, 6.45) is 0.633. The minimum atomic E-state index is -4.55. The number of halogens is 4. The molecule has 1 aromatic carbocycles. The molecule has 0 atom stereocenters. The van der Waals surface area contributed by atoms with Crippen molar-refractivity contribution in [3.8, 4) is 0 Å². The fourth-order valence-electron chi connectivity index (χ4n) is 4.27. The van der Waals surface area contributed by atoms with E-state index >= 15 is 0 Å². The Morgan fingerprint density at radius 1 is 1.06 bits per heavy atom. The number of hydrogen-bond donors (Lipinski definition) is 1. The van der Waals surface area contributed by atoms with Crippen molar-refractivity contribution in [3.05, 3.63) is 70.8 Å². The van der Waals surface area contributed by atoms with Crippen LogP contribution in [0.5, 0.6) is 0 Å². The molecule has 0 bridgehead atoms. The third kappa shape index (κ3) is 6.37. The van der Waals surface area contributed by atoms with Crippen molar-refractivity contribution in [3.63, 3.8) is 0 Å². The van der Waals surface area contributed by atoms with Gasteiger partial charge in [0, 0.05) is 31.5 Å². The molecular weight excluding hydrogens is 404 g/mol. The molecule has 0 saturated carbocycles. The Morgan fingerprint density at radius 3 is 2.19 bits per heavy atom. The zero-order valence-electron chi connectivity index (χ0n) is 18.8. The number of alkyl halides is 3. The first-order valence-corrected chi connectivity index (χ1v) is 11.0. The van der Waals surface area contributed by atoms with Gasteiger partial charge in [0.15, 0.2) is 0 Å². The van der Waals surface area contributed by atoms with Crippen LogP contribution in [-0.2, 0) is 6.18 Å². The van der Waals surface area contributed by atoms with Gasteiger partial charge in [-0.3, -0.25) is 0 Å². The van der Waals surface area contributed by atoms with E-state index in [2.05, 4.69) is 37.2 Å². The van der Waals surface area contributed by atoms with Gasteiger partial charge in [0.1, 0.15) is 5.82 Å². The molecule has 2 rings (SSSR count). The molecule has 1 N–H and O–H groups in total. The highest BCUT2D eigenvalue weighted by Gasteiger charge is 2.32. The van der Waals surface area contributed by atoms with Crippen LogP contribution in [-0.4, -0.2) is 25.0 Å². The molecule has 1 aliphatic heterocycles. The lowest BCUT2D eigenvalue weighted by molar-refractivity contribution is -0.137. The minimum Gasteiger partial charge on any atom is -0.391 e. The van der Waals surface area contributed by atoms with Crippen LogP contribution in [0.25, 0.3) is 0 Å². The first kappa shape index (κ1) is 25.0. The highest BCUT2D eigenvalue weighted by Crippen LogP contribution is 2.36. The first-order chi connectivity index (χ1) is 14.6. The zero-order chi connectivity index (χ0) is 23.2. The maximum atomic E-state index is 13.8. The number of nitrogens with zero attached hydrogens (tertiary/aromatic N) is 1. The van der Waals surface area contributed by atoms with Gasteiger partial charge in [0.05, 0.1) is 5.56 Å². The molecule has 1 fully saturated rings. The standard InChI is InChI=1S/C25H34F4N2/c1-6-8-23(24(30-5)9-7-2)17(3)18(4)31-12-10-19(11-13-31)20-14-21(25(27,28)29)16-22(26)15-20/h14-16,19,30H,3-4,6-13H2,1-2,5H3/b24-23-. The van der Waals surface area contributed by atoms with E-state index < -0.39 is 17.6 Å². The minimum absolute atomic E-state index is 0.104. The van der Waals surface area contributed by atoms with Crippen LogP contribution in [0.3, 0.4) is 0 Å². The second-order valence-electron chi connectivity index (χ2n) is 8.16. The molecule has 1 aromatic rings. The summed E-state index contributed by atoms with van der Waals surface area (Å²) in [5.41, 5.74) is 3.66. The summed E-state index contributed by atoms with van der Waals surface area (Å²) in [6, 6.07) is 2.88. The number of benzene rings is 1. The summed E-state index contributed by atoms with van der Waals surface area (Å²) >= 11 is 0. The van der Waals surface area contributed by atoms with E-state index in [4.69, 9.17) is 0 Å². The fraction of sp³-hybridized carbons (Fsp3) is 0.520. The van der Waals surface area contributed by atoms with Gasteiger partial charge < -0.3 is 10.2 Å². The molecule has 0 spiro atoms. The predicted octanol–water partition coefficient (Wildman–Crippen LogP) is 7.17. The van der Waals surface area contributed by atoms with E-state index in [1.165, 1.54) is 17.3 Å². The van der Waals surface area contributed by atoms with E-state index in [9.17, 15) is 17.6 Å². The molecule has 0 amide bonds. The zero-order valence-corrected chi connectivity index (χ0v) is 18.8. The molecule has 0 radical (unpaired) electrons. The van der Waals surface area contributed by atoms with E-state index in [1.807, 2.05) is 7.05 Å². The molecule has 0 aromatic heterocycles. The van der Waals surface area contributed by atoms with Crippen molar-refractivity contribution in [2.24, 2.45) is 0 Å². The first-order valence-electron chi connectivity index (χ1n) is 11.0. The maximum Gasteiger partial charge on any atom is 0.416 e. The van der Waals surface area contributed by atoms with Gasteiger partial charge in [0.25, 0.3) is 0 Å². The van der Waals surface area contributed by atoms with Crippen LogP contribution in [0, 0.1) is 5.82 Å². The third-order valence-corrected chi connectivity index (χ3v) is 5.97. The highest BCUT2D eigenvalue weighted by molar-refractivity contribution is 5.45. The topological polar surface area (TPSA) is 15.3 Å². The van der Waals surface area contributed by atoms with E-state index in [0.29, 0.717) is 37.6 Å². The van der Waals surface area contributed by atoms with Crippen molar-refractivity contribution in [2.75, 3.05) is 20.1 Å². The smallest absolute Gasteiger partial charge is 0.391 e.